The lowest BCUT2D eigenvalue weighted by atomic mass is 9.95. The van der Waals surface area contributed by atoms with Crippen LogP contribution >= 0.6 is 0 Å². The number of para-hydroxylation sites is 1. The van der Waals surface area contributed by atoms with Crippen LogP contribution in [0.5, 0.6) is 0 Å². The number of benzene rings is 1. The van der Waals surface area contributed by atoms with E-state index in [-0.39, 0.29) is 24.4 Å². The molecule has 1 fully saturated rings. The maximum atomic E-state index is 15.2. The molecule has 1 aromatic carbocycles. The third kappa shape index (κ3) is 8.01. The van der Waals surface area contributed by atoms with Crippen molar-refractivity contribution in [1.82, 2.24) is 19.9 Å². The SMILES string of the molecule is CCNC(=O)C1CCN(c2c(F)cccc2NC(=O)c2nc(-c3ccnc(C)c3)cn2COCC[Si](C)(C)C)CC1. The Morgan fingerprint density at radius 3 is 2.61 bits per heavy atom. The number of hydrogen-bond donors (Lipinski definition) is 2. The van der Waals surface area contributed by atoms with E-state index < -0.39 is 19.8 Å². The molecule has 0 unspecified atom stereocenters. The lowest BCUT2D eigenvalue weighted by molar-refractivity contribution is -0.125. The molecule has 41 heavy (non-hydrogen) atoms. The number of aryl methyl sites for hydroxylation is 1. The number of ether oxygens (including phenoxy) is 1. The molecule has 11 heteroatoms. The van der Waals surface area contributed by atoms with Crippen molar-refractivity contribution in [3.05, 3.63) is 60.1 Å². The Morgan fingerprint density at radius 2 is 1.93 bits per heavy atom. The van der Waals surface area contributed by atoms with E-state index in [0.29, 0.717) is 56.2 Å². The van der Waals surface area contributed by atoms with Crippen LogP contribution in [0.3, 0.4) is 0 Å². The van der Waals surface area contributed by atoms with E-state index >= 15 is 4.39 Å². The van der Waals surface area contributed by atoms with Gasteiger partial charge in [0.25, 0.3) is 5.91 Å². The molecule has 1 aliphatic heterocycles. The van der Waals surface area contributed by atoms with Gasteiger partial charge < -0.3 is 24.8 Å². The third-order valence-corrected chi connectivity index (χ3v) is 8.87. The number of nitrogens with zero attached hydrogens (tertiary/aromatic N) is 4. The summed E-state index contributed by atoms with van der Waals surface area (Å²) in [5.74, 6) is -0.772. The largest absolute Gasteiger partial charge is 0.367 e. The summed E-state index contributed by atoms with van der Waals surface area (Å²) >= 11 is 0. The van der Waals surface area contributed by atoms with Crippen LogP contribution in [-0.2, 0) is 16.3 Å². The fourth-order valence-corrected chi connectivity index (χ4v) is 5.64. The minimum absolute atomic E-state index is 0.0355. The molecule has 3 aromatic rings. The normalized spacial score (nSPS) is 14.2. The van der Waals surface area contributed by atoms with Crippen LogP contribution in [0, 0.1) is 18.7 Å². The molecule has 2 amide bonds. The monoisotopic (exact) mass is 580 g/mol. The molecule has 4 rings (SSSR count). The van der Waals surface area contributed by atoms with Crippen LogP contribution in [0.25, 0.3) is 11.3 Å². The highest BCUT2D eigenvalue weighted by Gasteiger charge is 2.28. The summed E-state index contributed by atoms with van der Waals surface area (Å²) in [6, 6.07) is 9.42. The van der Waals surface area contributed by atoms with Gasteiger partial charge in [0.05, 0.1) is 17.1 Å². The van der Waals surface area contributed by atoms with Crippen LogP contribution in [0.4, 0.5) is 15.8 Å². The summed E-state index contributed by atoms with van der Waals surface area (Å²) in [4.78, 5) is 36.8. The fraction of sp³-hybridized carbons (Fsp3) is 0.467. The number of amides is 2. The highest BCUT2D eigenvalue weighted by atomic mass is 28.3. The Bertz CT molecular complexity index is 1360. The van der Waals surface area contributed by atoms with Crippen molar-refractivity contribution in [3.8, 4) is 11.3 Å². The average Bonchev–Trinajstić information content (AvgIpc) is 3.36. The number of hydrogen-bond acceptors (Lipinski definition) is 6. The van der Waals surface area contributed by atoms with Crippen molar-refractivity contribution in [2.75, 3.05) is 36.5 Å². The zero-order valence-corrected chi connectivity index (χ0v) is 25.7. The Hall–Kier alpha value is -3.57. The van der Waals surface area contributed by atoms with Gasteiger partial charge in [0.1, 0.15) is 12.5 Å². The predicted octanol–water partition coefficient (Wildman–Crippen LogP) is 5.31. The van der Waals surface area contributed by atoms with Gasteiger partial charge in [-0.3, -0.25) is 14.6 Å². The number of halogens is 1. The van der Waals surface area contributed by atoms with Crippen LogP contribution in [0.15, 0.2) is 42.7 Å². The quantitative estimate of drug-likeness (QED) is 0.236. The van der Waals surface area contributed by atoms with Gasteiger partial charge in [-0.15, -0.1) is 0 Å². The van der Waals surface area contributed by atoms with E-state index in [1.165, 1.54) is 6.07 Å². The Morgan fingerprint density at radius 1 is 1.17 bits per heavy atom. The van der Waals surface area contributed by atoms with Gasteiger partial charge in [-0.2, -0.15) is 0 Å². The number of carbonyl (C=O) groups is 2. The molecule has 9 nitrogen and oxygen atoms in total. The minimum Gasteiger partial charge on any atom is -0.367 e. The smallest absolute Gasteiger partial charge is 0.291 e. The summed E-state index contributed by atoms with van der Waals surface area (Å²) in [5, 5.41) is 5.78. The average molecular weight is 581 g/mol. The van der Waals surface area contributed by atoms with E-state index in [1.807, 2.05) is 30.9 Å². The number of piperidine rings is 1. The molecule has 0 bridgehead atoms. The van der Waals surface area contributed by atoms with Crippen LogP contribution in [0.1, 0.15) is 36.1 Å². The molecular formula is C30H41FN6O3Si. The molecule has 0 saturated carbocycles. The van der Waals surface area contributed by atoms with Crippen molar-refractivity contribution < 1.29 is 18.7 Å². The number of imidazole rings is 1. The standard InChI is InChI=1S/C30H41FN6O3Si/c1-6-32-29(38)22-11-14-36(15-12-22)27-24(31)8-7-9-25(27)35-30(39)28-34-26(23-10-13-33-21(2)18-23)19-37(28)20-40-16-17-41(3,4)5/h7-10,13,18-19,22H,6,11-12,14-17,20H2,1-5H3,(H,32,38)(H,35,39). The van der Waals surface area contributed by atoms with Crippen LogP contribution in [0.2, 0.25) is 25.7 Å². The number of carbonyl (C=O) groups excluding carboxylic acids is 2. The van der Waals surface area contributed by atoms with Crippen LogP contribution in [-0.4, -0.2) is 60.7 Å². The second kappa shape index (κ2) is 13.4. The first-order valence-electron chi connectivity index (χ1n) is 14.3. The van der Waals surface area contributed by atoms with Gasteiger partial charge in [0.15, 0.2) is 0 Å². The highest BCUT2D eigenvalue weighted by Crippen LogP contribution is 2.33. The summed E-state index contributed by atoms with van der Waals surface area (Å²) < 4.78 is 22.8. The molecule has 0 radical (unpaired) electrons. The number of pyridine rings is 1. The Labute approximate surface area is 242 Å². The Balaban J connectivity index is 1.56. The van der Waals surface area contributed by atoms with Crippen molar-refractivity contribution in [2.24, 2.45) is 5.92 Å². The summed E-state index contributed by atoms with van der Waals surface area (Å²) in [5.41, 5.74) is 3.00. The van der Waals surface area contributed by atoms with Crippen molar-refractivity contribution >= 4 is 31.3 Å². The molecule has 1 saturated heterocycles. The molecule has 0 spiro atoms. The molecule has 1 aliphatic rings. The van der Waals surface area contributed by atoms with E-state index in [4.69, 9.17) is 4.74 Å². The zero-order chi connectivity index (χ0) is 29.6. The number of nitrogens with one attached hydrogen (secondary N) is 2. The van der Waals surface area contributed by atoms with Crippen molar-refractivity contribution in [1.29, 1.82) is 0 Å². The molecule has 2 aromatic heterocycles. The molecule has 2 N–H and O–H groups in total. The van der Waals surface area contributed by atoms with E-state index in [2.05, 4.69) is 40.2 Å². The fourth-order valence-electron chi connectivity index (χ4n) is 4.88. The lowest BCUT2D eigenvalue weighted by Gasteiger charge is -2.34. The van der Waals surface area contributed by atoms with E-state index in [9.17, 15) is 9.59 Å². The molecular weight excluding hydrogens is 539 g/mol. The second-order valence-corrected chi connectivity index (χ2v) is 17.3. The molecule has 220 valence electrons. The van der Waals surface area contributed by atoms with Crippen LogP contribution < -0.4 is 15.5 Å². The third-order valence-electron chi connectivity index (χ3n) is 7.17. The maximum Gasteiger partial charge on any atom is 0.291 e. The Kier molecular flexibility index (Phi) is 9.93. The van der Waals surface area contributed by atoms with E-state index in [0.717, 1.165) is 17.3 Å². The number of anilines is 2. The van der Waals surface area contributed by atoms with Gasteiger partial charge in [-0.1, -0.05) is 25.7 Å². The van der Waals surface area contributed by atoms with Crippen molar-refractivity contribution in [3.63, 3.8) is 0 Å². The second-order valence-electron chi connectivity index (χ2n) is 11.7. The summed E-state index contributed by atoms with van der Waals surface area (Å²) in [7, 11) is -1.28. The predicted molar refractivity (Wildman–Crippen MR) is 162 cm³/mol. The van der Waals surface area contributed by atoms with Gasteiger partial charge >= 0.3 is 0 Å². The minimum atomic E-state index is -1.28. The van der Waals surface area contributed by atoms with Gasteiger partial charge in [-0.05, 0) is 57.0 Å². The van der Waals surface area contributed by atoms with Gasteiger partial charge in [-0.25, -0.2) is 9.37 Å². The molecule has 3 heterocycles. The van der Waals surface area contributed by atoms with E-state index in [1.54, 1.807) is 29.1 Å². The molecule has 0 aliphatic carbocycles. The van der Waals surface area contributed by atoms with Gasteiger partial charge in [0.2, 0.25) is 11.7 Å². The first-order chi connectivity index (χ1) is 19.6. The van der Waals surface area contributed by atoms with Gasteiger partial charge in [0, 0.05) is 63.9 Å². The molecule has 0 atom stereocenters. The summed E-state index contributed by atoms with van der Waals surface area (Å²) in [6.07, 6.45) is 4.74. The summed E-state index contributed by atoms with van der Waals surface area (Å²) in [6.45, 7) is 13.0. The first-order valence-corrected chi connectivity index (χ1v) is 18.0. The zero-order valence-electron chi connectivity index (χ0n) is 24.7. The number of aromatic nitrogens is 3. The topological polar surface area (TPSA) is 101 Å². The van der Waals surface area contributed by atoms with Crippen molar-refractivity contribution in [2.45, 2.75) is 59.1 Å². The number of rotatable bonds is 11. The highest BCUT2D eigenvalue weighted by molar-refractivity contribution is 6.76. The maximum absolute atomic E-state index is 15.2. The lowest BCUT2D eigenvalue weighted by Crippen LogP contribution is -2.41. The first kappa shape index (κ1) is 30.4.